The van der Waals surface area contributed by atoms with Gasteiger partial charge in [-0.05, 0) is 43.0 Å². The molecule has 0 amide bonds. The summed E-state index contributed by atoms with van der Waals surface area (Å²) in [6.07, 6.45) is 5.36. The van der Waals surface area contributed by atoms with Crippen molar-refractivity contribution in [2.75, 3.05) is 56.2 Å². The van der Waals surface area contributed by atoms with Gasteiger partial charge in [0.25, 0.3) is 0 Å². The Bertz CT molecular complexity index is 1720. The van der Waals surface area contributed by atoms with E-state index in [0.717, 1.165) is 44.0 Å². The maximum atomic E-state index is 16.6. The van der Waals surface area contributed by atoms with E-state index in [1.54, 1.807) is 0 Å². The van der Waals surface area contributed by atoms with E-state index in [0.29, 0.717) is 44.1 Å². The largest absolute Gasteiger partial charge is 0.416 e. The molecule has 2 aromatic heterocycles. The van der Waals surface area contributed by atoms with Crippen molar-refractivity contribution in [2.45, 2.75) is 31.5 Å². The van der Waals surface area contributed by atoms with Crippen LogP contribution < -0.4 is 15.1 Å². The molecule has 4 aromatic rings. The van der Waals surface area contributed by atoms with Crippen molar-refractivity contribution >= 4 is 33.4 Å². The number of fused-ring (bicyclic) bond motifs is 2. The standard InChI is InChI=1S/C31H29F5N6O/c1-3-21-24(32)8-7-18-14-19(31(34,35)36)15-22(25(18)21)27-26(33)28-23(16-38-27)29(41(2)17-20-6-4-5-9-37-20)40-30(39-28)42-10-12-43-13-11-42/h1,7-8,14-16,20,37H,4-6,9-13,17H2,2H3/t20-/m1/s1. The van der Waals surface area contributed by atoms with Gasteiger partial charge in [-0.2, -0.15) is 18.2 Å². The van der Waals surface area contributed by atoms with Crippen LogP contribution >= 0.6 is 0 Å². The highest BCUT2D eigenvalue weighted by molar-refractivity contribution is 6.02. The first-order valence-electron chi connectivity index (χ1n) is 14.1. The number of rotatable bonds is 5. The van der Waals surface area contributed by atoms with Gasteiger partial charge in [-0.1, -0.05) is 18.4 Å². The Morgan fingerprint density at radius 2 is 1.93 bits per heavy atom. The summed E-state index contributed by atoms with van der Waals surface area (Å²) in [5.74, 6) is 1.17. The molecule has 0 unspecified atom stereocenters. The second kappa shape index (κ2) is 11.5. The molecule has 1 N–H and O–H groups in total. The second-order valence-corrected chi connectivity index (χ2v) is 10.8. The second-order valence-electron chi connectivity index (χ2n) is 10.8. The van der Waals surface area contributed by atoms with E-state index in [-0.39, 0.29) is 39.4 Å². The molecule has 0 spiro atoms. The average molecular weight is 597 g/mol. The van der Waals surface area contributed by atoms with E-state index >= 15 is 4.39 Å². The number of alkyl halides is 3. The Kier molecular flexibility index (Phi) is 7.79. The van der Waals surface area contributed by atoms with Crippen LogP contribution in [0.1, 0.15) is 30.4 Å². The van der Waals surface area contributed by atoms with Gasteiger partial charge >= 0.3 is 6.18 Å². The van der Waals surface area contributed by atoms with E-state index in [2.05, 4.69) is 21.2 Å². The van der Waals surface area contributed by atoms with Crippen LogP contribution in [0.5, 0.6) is 0 Å². The lowest BCUT2D eigenvalue weighted by Gasteiger charge is -2.31. The van der Waals surface area contributed by atoms with Crippen LogP contribution in [0, 0.1) is 24.0 Å². The van der Waals surface area contributed by atoms with Crippen molar-refractivity contribution in [1.29, 1.82) is 0 Å². The van der Waals surface area contributed by atoms with Crippen LogP contribution in [0.4, 0.5) is 33.7 Å². The van der Waals surface area contributed by atoms with Crippen molar-refractivity contribution in [3.05, 3.63) is 53.2 Å². The van der Waals surface area contributed by atoms with Crippen LogP contribution in [0.3, 0.4) is 0 Å². The van der Waals surface area contributed by atoms with Crippen molar-refractivity contribution < 1.29 is 26.7 Å². The molecule has 2 fully saturated rings. The van der Waals surface area contributed by atoms with Crippen LogP contribution in [0.25, 0.3) is 32.9 Å². The number of likely N-dealkylation sites (N-methyl/N-ethyl adjacent to an activating group) is 1. The molecule has 0 radical (unpaired) electrons. The highest BCUT2D eigenvalue weighted by atomic mass is 19.4. The average Bonchev–Trinajstić information content (AvgIpc) is 3.01. The number of terminal acetylenes is 1. The van der Waals surface area contributed by atoms with E-state index in [4.69, 9.17) is 16.1 Å². The molecule has 2 saturated heterocycles. The van der Waals surface area contributed by atoms with Gasteiger partial charge in [-0.3, -0.25) is 4.98 Å². The minimum absolute atomic E-state index is 0.0116. The molecule has 2 aromatic carbocycles. The fourth-order valence-corrected chi connectivity index (χ4v) is 5.84. The van der Waals surface area contributed by atoms with Gasteiger partial charge in [-0.25, -0.2) is 13.8 Å². The van der Waals surface area contributed by atoms with Gasteiger partial charge in [0.05, 0.1) is 29.7 Å². The number of nitrogens with zero attached hydrogens (tertiary/aromatic N) is 5. The first-order chi connectivity index (χ1) is 20.7. The van der Waals surface area contributed by atoms with Crippen LogP contribution in [-0.4, -0.2) is 67.4 Å². The molecule has 1 atom stereocenters. The van der Waals surface area contributed by atoms with Gasteiger partial charge in [0.1, 0.15) is 22.8 Å². The van der Waals surface area contributed by atoms with E-state index in [9.17, 15) is 17.6 Å². The van der Waals surface area contributed by atoms with Gasteiger partial charge in [0.15, 0.2) is 5.82 Å². The minimum atomic E-state index is -4.75. The summed E-state index contributed by atoms with van der Waals surface area (Å²) in [4.78, 5) is 17.4. The lowest BCUT2D eigenvalue weighted by atomic mass is 9.93. The summed E-state index contributed by atoms with van der Waals surface area (Å²) < 4.78 is 78.7. The third-order valence-corrected chi connectivity index (χ3v) is 8.01. The number of anilines is 2. The Hall–Kier alpha value is -4.08. The highest BCUT2D eigenvalue weighted by Gasteiger charge is 2.33. The van der Waals surface area contributed by atoms with Gasteiger partial charge in [0, 0.05) is 49.9 Å². The molecule has 224 valence electrons. The monoisotopic (exact) mass is 596 g/mol. The summed E-state index contributed by atoms with van der Waals surface area (Å²) in [5, 5.41) is 3.77. The topological polar surface area (TPSA) is 66.4 Å². The SMILES string of the molecule is C#Cc1c(F)ccc2cc(C(F)(F)F)cc(-c3ncc4c(N(C)C[C@H]5CCCCN5)nc(N5CCOCC5)nc4c3F)c12. The summed E-state index contributed by atoms with van der Waals surface area (Å²) >= 11 is 0. The molecule has 0 bridgehead atoms. The number of hydrogen-bond donors (Lipinski definition) is 1. The third-order valence-electron chi connectivity index (χ3n) is 8.01. The van der Waals surface area contributed by atoms with Crippen molar-refractivity contribution in [2.24, 2.45) is 0 Å². The summed E-state index contributed by atoms with van der Waals surface area (Å²) in [5.41, 5.74) is -2.11. The number of aromatic nitrogens is 3. The number of ether oxygens (including phenoxy) is 1. The summed E-state index contributed by atoms with van der Waals surface area (Å²) in [6, 6.07) is 4.01. The normalized spacial score (nSPS) is 17.8. The fraction of sp³-hybridized carbons (Fsp3) is 0.387. The van der Waals surface area contributed by atoms with Crippen molar-refractivity contribution in [3.8, 4) is 23.6 Å². The summed E-state index contributed by atoms with van der Waals surface area (Å²) in [6.45, 7) is 3.37. The molecule has 43 heavy (non-hydrogen) atoms. The predicted molar refractivity (Wildman–Crippen MR) is 155 cm³/mol. The predicted octanol–water partition coefficient (Wildman–Crippen LogP) is 5.54. The summed E-state index contributed by atoms with van der Waals surface area (Å²) in [7, 11) is 1.86. The number of nitrogens with one attached hydrogen (secondary N) is 1. The quantitative estimate of drug-likeness (QED) is 0.240. The molecule has 4 heterocycles. The zero-order chi connectivity index (χ0) is 30.3. The molecular formula is C31H29F5N6O. The zero-order valence-corrected chi connectivity index (χ0v) is 23.4. The highest BCUT2D eigenvalue weighted by Crippen LogP contribution is 2.41. The van der Waals surface area contributed by atoms with Crippen molar-refractivity contribution in [1.82, 2.24) is 20.3 Å². The van der Waals surface area contributed by atoms with Gasteiger partial charge < -0.3 is 19.9 Å². The minimum Gasteiger partial charge on any atom is -0.378 e. The lowest BCUT2D eigenvalue weighted by molar-refractivity contribution is -0.137. The van der Waals surface area contributed by atoms with Crippen molar-refractivity contribution in [3.63, 3.8) is 0 Å². The number of pyridine rings is 1. The third kappa shape index (κ3) is 5.55. The van der Waals surface area contributed by atoms with Crippen LogP contribution in [0.15, 0.2) is 30.5 Å². The van der Waals surface area contributed by atoms with Gasteiger partial charge in [0.2, 0.25) is 5.95 Å². The maximum Gasteiger partial charge on any atom is 0.416 e. The van der Waals surface area contributed by atoms with E-state index < -0.39 is 29.1 Å². The molecule has 6 rings (SSSR count). The molecule has 2 aliphatic heterocycles. The van der Waals surface area contributed by atoms with E-state index in [1.807, 2.05) is 16.8 Å². The number of halogens is 5. The van der Waals surface area contributed by atoms with Gasteiger partial charge in [-0.15, -0.1) is 6.42 Å². The number of benzene rings is 2. The fourth-order valence-electron chi connectivity index (χ4n) is 5.84. The first kappa shape index (κ1) is 29.0. The molecule has 2 aliphatic rings. The zero-order valence-electron chi connectivity index (χ0n) is 23.4. The number of morpholine rings is 1. The van der Waals surface area contributed by atoms with Crippen LogP contribution in [-0.2, 0) is 10.9 Å². The Labute approximate surface area is 245 Å². The number of hydrogen-bond acceptors (Lipinski definition) is 7. The molecule has 12 heteroatoms. The number of piperidine rings is 1. The maximum absolute atomic E-state index is 16.6. The molecule has 7 nitrogen and oxygen atoms in total. The Morgan fingerprint density at radius 3 is 2.63 bits per heavy atom. The Morgan fingerprint density at radius 1 is 1.14 bits per heavy atom. The van der Waals surface area contributed by atoms with Crippen LogP contribution in [0.2, 0.25) is 0 Å². The smallest absolute Gasteiger partial charge is 0.378 e. The van der Waals surface area contributed by atoms with E-state index in [1.165, 1.54) is 12.3 Å². The molecule has 0 aliphatic carbocycles. The molecule has 0 saturated carbocycles. The lowest BCUT2D eigenvalue weighted by Crippen LogP contribution is -2.43. The first-order valence-corrected chi connectivity index (χ1v) is 14.1. The Balaban J connectivity index is 1.58. The molecular weight excluding hydrogens is 567 g/mol.